The van der Waals surface area contributed by atoms with Crippen molar-refractivity contribution in [1.82, 2.24) is 10.2 Å². The van der Waals surface area contributed by atoms with Crippen LogP contribution >= 0.6 is 0 Å². The molecule has 8 heteroatoms. The predicted molar refractivity (Wildman–Crippen MR) is 96.7 cm³/mol. The highest BCUT2D eigenvalue weighted by Gasteiger charge is 2.35. The molecule has 2 aromatic carbocycles. The summed E-state index contributed by atoms with van der Waals surface area (Å²) in [5.74, 6) is 0.231. The van der Waals surface area contributed by atoms with E-state index in [1.165, 1.54) is 0 Å². The fourth-order valence-electron chi connectivity index (χ4n) is 3.07. The lowest BCUT2D eigenvalue weighted by atomic mass is 10.1. The Bertz CT molecular complexity index is 885. The third-order valence-corrected chi connectivity index (χ3v) is 4.53. The van der Waals surface area contributed by atoms with Crippen LogP contribution in [0.5, 0.6) is 11.5 Å². The number of nitrogens with one attached hydrogen (secondary N) is 1. The summed E-state index contributed by atoms with van der Waals surface area (Å²) in [7, 11) is 0. The topological polar surface area (TPSA) is 94.2 Å². The Balaban J connectivity index is 1.50. The van der Waals surface area contributed by atoms with Gasteiger partial charge in [0, 0.05) is 0 Å². The molecule has 0 aromatic heterocycles. The Kier molecular flexibility index (Phi) is 4.84. The number of imide groups is 1. The molecule has 8 nitrogen and oxygen atoms in total. The summed E-state index contributed by atoms with van der Waals surface area (Å²) in [5.41, 5.74) is 0.750. The van der Waals surface area contributed by atoms with E-state index in [-0.39, 0.29) is 19.8 Å². The van der Waals surface area contributed by atoms with Crippen molar-refractivity contribution in [1.29, 1.82) is 0 Å². The van der Waals surface area contributed by atoms with Crippen LogP contribution in [-0.4, -0.2) is 48.7 Å². The molecule has 0 saturated carbocycles. The molecule has 0 radical (unpaired) electrons. The van der Waals surface area contributed by atoms with Gasteiger partial charge < -0.3 is 19.5 Å². The van der Waals surface area contributed by atoms with Gasteiger partial charge >= 0.3 is 6.09 Å². The van der Waals surface area contributed by atoms with Crippen molar-refractivity contribution in [2.45, 2.75) is 12.1 Å². The summed E-state index contributed by atoms with van der Waals surface area (Å²) in [5, 5.41) is 2.86. The number of para-hydroxylation sites is 2. The zero-order chi connectivity index (χ0) is 19.5. The van der Waals surface area contributed by atoms with Gasteiger partial charge in [0.05, 0.1) is 12.6 Å². The lowest BCUT2D eigenvalue weighted by Gasteiger charge is -2.28. The number of benzene rings is 2. The average Bonchev–Trinajstić information content (AvgIpc) is 3.05. The lowest BCUT2D eigenvalue weighted by molar-refractivity contribution is -0.132. The number of hydrogen-bond acceptors (Lipinski definition) is 6. The minimum absolute atomic E-state index is 0.0302. The molecule has 1 saturated heterocycles. The molecule has 144 valence electrons. The van der Waals surface area contributed by atoms with Crippen LogP contribution in [0.3, 0.4) is 0 Å². The molecule has 0 bridgehead atoms. The number of ether oxygens (including phenoxy) is 3. The first-order valence-corrected chi connectivity index (χ1v) is 8.83. The van der Waals surface area contributed by atoms with Crippen LogP contribution in [0.25, 0.3) is 0 Å². The molecule has 3 amide bonds. The molecule has 2 aromatic rings. The number of nitrogens with zero attached hydrogens (tertiary/aromatic N) is 1. The Hall–Kier alpha value is -3.55. The van der Waals surface area contributed by atoms with Gasteiger partial charge in [-0.15, -0.1) is 0 Å². The Labute approximate surface area is 161 Å². The fourth-order valence-corrected chi connectivity index (χ4v) is 3.07. The van der Waals surface area contributed by atoms with Crippen LogP contribution in [0.2, 0.25) is 0 Å². The number of cyclic esters (lactones) is 1. The van der Waals surface area contributed by atoms with Crippen molar-refractivity contribution in [3.63, 3.8) is 0 Å². The zero-order valence-corrected chi connectivity index (χ0v) is 14.9. The molecule has 2 heterocycles. The summed E-state index contributed by atoms with van der Waals surface area (Å²) < 4.78 is 16.1. The van der Waals surface area contributed by atoms with E-state index in [9.17, 15) is 14.4 Å². The van der Waals surface area contributed by atoms with Crippen molar-refractivity contribution in [3.05, 3.63) is 60.2 Å². The van der Waals surface area contributed by atoms with E-state index in [1.807, 2.05) is 36.4 Å². The molecule has 2 aliphatic rings. The Morgan fingerprint density at radius 3 is 2.46 bits per heavy atom. The lowest BCUT2D eigenvalue weighted by Crippen LogP contribution is -2.48. The normalized spacial score (nSPS) is 19.1. The van der Waals surface area contributed by atoms with E-state index in [1.54, 1.807) is 18.2 Å². The van der Waals surface area contributed by atoms with Gasteiger partial charge in [-0.25, -0.2) is 9.69 Å². The van der Waals surface area contributed by atoms with Gasteiger partial charge in [-0.05, 0) is 17.7 Å². The van der Waals surface area contributed by atoms with Crippen LogP contribution < -0.4 is 14.8 Å². The molecule has 0 aliphatic carbocycles. The SMILES string of the molecule is O=C(N[C@H](CN1C(=O)COC1=O)c1ccccc1)[C@H]1COc2ccccc2O1. The van der Waals surface area contributed by atoms with Gasteiger partial charge in [-0.1, -0.05) is 42.5 Å². The van der Waals surface area contributed by atoms with E-state index in [0.29, 0.717) is 11.5 Å². The third kappa shape index (κ3) is 3.62. The van der Waals surface area contributed by atoms with Crippen molar-refractivity contribution in [3.8, 4) is 11.5 Å². The summed E-state index contributed by atoms with van der Waals surface area (Å²) in [4.78, 5) is 37.5. The summed E-state index contributed by atoms with van der Waals surface area (Å²) in [6, 6.07) is 15.6. The smallest absolute Gasteiger partial charge is 0.417 e. The van der Waals surface area contributed by atoms with Gasteiger partial charge in [0.1, 0.15) is 6.61 Å². The molecule has 2 atom stereocenters. The fraction of sp³-hybridized carbons (Fsp3) is 0.250. The van der Waals surface area contributed by atoms with Crippen molar-refractivity contribution < 1.29 is 28.6 Å². The molecule has 0 unspecified atom stereocenters. The summed E-state index contributed by atoms with van der Waals surface area (Å²) in [6.07, 6.45) is -1.56. The van der Waals surface area contributed by atoms with E-state index in [4.69, 9.17) is 14.2 Å². The van der Waals surface area contributed by atoms with Crippen LogP contribution in [0.4, 0.5) is 4.79 Å². The van der Waals surface area contributed by atoms with Crippen LogP contribution in [-0.2, 0) is 14.3 Å². The number of carbonyl (C=O) groups is 3. The maximum atomic E-state index is 12.8. The van der Waals surface area contributed by atoms with Crippen molar-refractivity contribution in [2.24, 2.45) is 0 Å². The second-order valence-corrected chi connectivity index (χ2v) is 6.40. The molecule has 1 N–H and O–H groups in total. The van der Waals surface area contributed by atoms with Gasteiger partial charge in [-0.2, -0.15) is 0 Å². The van der Waals surface area contributed by atoms with E-state index in [2.05, 4.69) is 5.32 Å². The second-order valence-electron chi connectivity index (χ2n) is 6.40. The van der Waals surface area contributed by atoms with E-state index < -0.39 is 30.1 Å². The van der Waals surface area contributed by atoms with Gasteiger partial charge in [0.15, 0.2) is 18.1 Å². The van der Waals surface area contributed by atoms with Crippen LogP contribution in [0.1, 0.15) is 11.6 Å². The number of fused-ring (bicyclic) bond motifs is 1. The van der Waals surface area contributed by atoms with Crippen LogP contribution in [0.15, 0.2) is 54.6 Å². The summed E-state index contributed by atoms with van der Waals surface area (Å²) in [6.45, 7) is -0.253. The molecule has 2 aliphatic heterocycles. The largest absolute Gasteiger partial charge is 0.485 e. The monoisotopic (exact) mass is 382 g/mol. The Morgan fingerprint density at radius 1 is 1.04 bits per heavy atom. The Morgan fingerprint density at radius 2 is 1.75 bits per heavy atom. The zero-order valence-electron chi connectivity index (χ0n) is 14.9. The second kappa shape index (κ2) is 7.59. The molecule has 4 rings (SSSR count). The number of carbonyl (C=O) groups excluding carboxylic acids is 3. The quantitative estimate of drug-likeness (QED) is 0.845. The number of hydrogen-bond donors (Lipinski definition) is 1. The first-order valence-electron chi connectivity index (χ1n) is 8.83. The highest BCUT2D eigenvalue weighted by Crippen LogP contribution is 2.31. The number of amides is 3. The minimum Gasteiger partial charge on any atom is -0.485 e. The van der Waals surface area contributed by atoms with Crippen LogP contribution in [0, 0.1) is 0 Å². The van der Waals surface area contributed by atoms with Crippen molar-refractivity contribution in [2.75, 3.05) is 19.8 Å². The average molecular weight is 382 g/mol. The predicted octanol–water partition coefficient (Wildman–Crippen LogP) is 1.66. The maximum absolute atomic E-state index is 12.8. The molecular weight excluding hydrogens is 364 g/mol. The third-order valence-electron chi connectivity index (χ3n) is 4.53. The molecular formula is C20H18N2O6. The van der Waals surface area contributed by atoms with Gasteiger partial charge in [0.2, 0.25) is 6.10 Å². The highest BCUT2D eigenvalue weighted by atomic mass is 16.6. The first-order chi connectivity index (χ1) is 13.6. The first kappa shape index (κ1) is 17.8. The van der Waals surface area contributed by atoms with Crippen molar-refractivity contribution >= 4 is 17.9 Å². The van der Waals surface area contributed by atoms with Gasteiger partial charge in [-0.3, -0.25) is 9.59 Å². The molecule has 1 fully saturated rings. The molecule has 28 heavy (non-hydrogen) atoms. The minimum atomic E-state index is -0.845. The van der Waals surface area contributed by atoms with Gasteiger partial charge in [0.25, 0.3) is 11.8 Å². The summed E-state index contributed by atoms with van der Waals surface area (Å²) >= 11 is 0. The van der Waals surface area contributed by atoms with E-state index >= 15 is 0 Å². The van der Waals surface area contributed by atoms with E-state index in [0.717, 1.165) is 10.5 Å². The standard InChI is InChI=1S/C20H18N2O6/c23-18-12-27-20(25)22(18)10-14(13-6-2-1-3-7-13)21-19(24)17-11-26-15-8-4-5-9-16(15)28-17/h1-9,14,17H,10-12H2,(H,21,24)/t14-,17-/m1/s1. The molecule has 0 spiro atoms. The number of rotatable bonds is 5. The highest BCUT2D eigenvalue weighted by molar-refractivity contribution is 5.97. The maximum Gasteiger partial charge on any atom is 0.417 e.